The van der Waals surface area contributed by atoms with Gasteiger partial charge in [0.1, 0.15) is 12.4 Å². The van der Waals surface area contributed by atoms with Crippen molar-refractivity contribution in [1.82, 2.24) is 0 Å². The van der Waals surface area contributed by atoms with Crippen LogP contribution in [0.2, 0.25) is 0 Å². The average molecular weight is 411 g/mol. The molecule has 0 radical (unpaired) electrons. The minimum absolute atomic E-state index is 0.0467. The highest BCUT2D eigenvalue weighted by atomic mass is 16.5. The van der Waals surface area contributed by atoms with E-state index >= 15 is 0 Å². The molecule has 0 atom stereocenters. The lowest BCUT2D eigenvalue weighted by molar-refractivity contribution is -0.140. The number of hydrogen-bond acceptors (Lipinski definition) is 7. The second-order valence-electron chi connectivity index (χ2n) is 6.62. The molecule has 0 aliphatic carbocycles. The van der Waals surface area contributed by atoms with Crippen LogP contribution in [0.5, 0.6) is 0 Å². The average Bonchev–Trinajstić information content (AvgIpc) is 2.77. The van der Waals surface area contributed by atoms with E-state index in [1.165, 1.54) is 25.2 Å². The summed E-state index contributed by atoms with van der Waals surface area (Å²) in [7, 11) is 2.36. The lowest BCUT2D eigenvalue weighted by atomic mass is 10.00. The highest BCUT2D eigenvalue weighted by molar-refractivity contribution is 6.05. The van der Waals surface area contributed by atoms with Gasteiger partial charge in [-0.2, -0.15) is 0 Å². The van der Waals surface area contributed by atoms with E-state index in [0.717, 1.165) is 11.1 Å². The van der Waals surface area contributed by atoms with Crippen LogP contribution >= 0.6 is 0 Å². The van der Waals surface area contributed by atoms with E-state index in [9.17, 15) is 19.5 Å². The summed E-state index contributed by atoms with van der Waals surface area (Å²) in [6, 6.07) is 12.5. The topological polar surface area (TPSA) is 102 Å². The Bertz CT molecular complexity index is 1020. The van der Waals surface area contributed by atoms with Crippen molar-refractivity contribution in [3.8, 4) is 11.1 Å². The number of ether oxygens (including phenoxy) is 3. The molecule has 8 heteroatoms. The summed E-state index contributed by atoms with van der Waals surface area (Å²) >= 11 is 0. The minimum Gasteiger partial charge on any atom is -0.478 e. The SMILES string of the molecule is COC(=O)C1=C(C(=O)OC)N(c2ccc(-c3ccc(C)cc3)cc2C(=O)O)COC1. The van der Waals surface area contributed by atoms with Gasteiger partial charge in [0, 0.05) is 0 Å². The monoisotopic (exact) mass is 411 g/mol. The summed E-state index contributed by atoms with van der Waals surface area (Å²) in [5.41, 5.74) is 2.62. The van der Waals surface area contributed by atoms with E-state index in [1.807, 2.05) is 31.2 Å². The molecule has 0 fully saturated rings. The number of nitrogens with zero attached hydrogens (tertiary/aromatic N) is 1. The summed E-state index contributed by atoms with van der Waals surface area (Å²) in [6.07, 6.45) is 0. The van der Waals surface area contributed by atoms with E-state index < -0.39 is 17.9 Å². The van der Waals surface area contributed by atoms with Crippen molar-refractivity contribution in [3.63, 3.8) is 0 Å². The van der Waals surface area contributed by atoms with Crippen molar-refractivity contribution in [2.24, 2.45) is 0 Å². The molecule has 3 rings (SSSR count). The summed E-state index contributed by atoms with van der Waals surface area (Å²) in [5.74, 6) is -2.74. The Morgan fingerprint density at radius 2 is 1.60 bits per heavy atom. The van der Waals surface area contributed by atoms with Gasteiger partial charge >= 0.3 is 17.9 Å². The van der Waals surface area contributed by atoms with E-state index in [2.05, 4.69) is 0 Å². The van der Waals surface area contributed by atoms with Crippen LogP contribution in [-0.2, 0) is 23.8 Å². The Kier molecular flexibility index (Phi) is 6.17. The number of carboxylic acids is 1. The number of aromatic carboxylic acids is 1. The highest BCUT2D eigenvalue weighted by Gasteiger charge is 2.34. The molecule has 0 bridgehead atoms. The molecule has 2 aromatic rings. The van der Waals surface area contributed by atoms with Crippen LogP contribution in [0.4, 0.5) is 5.69 Å². The van der Waals surface area contributed by atoms with Gasteiger partial charge in [-0.15, -0.1) is 0 Å². The number of anilines is 1. The first kappa shape index (κ1) is 21.1. The highest BCUT2D eigenvalue weighted by Crippen LogP contribution is 2.33. The molecule has 8 nitrogen and oxygen atoms in total. The molecule has 1 aliphatic heterocycles. The normalized spacial score (nSPS) is 13.8. The lowest BCUT2D eigenvalue weighted by Gasteiger charge is -2.32. The smallest absolute Gasteiger partial charge is 0.355 e. The molecule has 0 saturated carbocycles. The third kappa shape index (κ3) is 4.04. The van der Waals surface area contributed by atoms with E-state index in [4.69, 9.17) is 14.2 Å². The number of carboxylic acid groups (broad SMARTS) is 1. The molecule has 1 aliphatic rings. The van der Waals surface area contributed by atoms with Gasteiger partial charge in [-0.3, -0.25) is 0 Å². The first-order chi connectivity index (χ1) is 14.4. The predicted octanol–water partition coefficient (Wildman–Crippen LogP) is 2.75. The van der Waals surface area contributed by atoms with Crippen LogP contribution in [0.1, 0.15) is 15.9 Å². The summed E-state index contributed by atoms with van der Waals surface area (Å²) in [4.78, 5) is 37.9. The maximum Gasteiger partial charge on any atom is 0.355 e. The number of carbonyl (C=O) groups is 3. The van der Waals surface area contributed by atoms with Crippen LogP contribution in [0.3, 0.4) is 0 Å². The number of hydrogen-bond donors (Lipinski definition) is 1. The van der Waals surface area contributed by atoms with E-state index in [-0.39, 0.29) is 35.9 Å². The summed E-state index contributed by atoms with van der Waals surface area (Å²) < 4.78 is 15.0. The lowest BCUT2D eigenvalue weighted by Crippen LogP contribution is -2.39. The van der Waals surface area contributed by atoms with Gasteiger partial charge in [0.05, 0.1) is 37.7 Å². The molecular formula is C22H21NO7. The number of carbonyl (C=O) groups excluding carboxylic acids is 2. The zero-order valence-electron chi connectivity index (χ0n) is 16.8. The van der Waals surface area contributed by atoms with Crippen LogP contribution < -0.4 is 4.90 Å². The van der Waals surface area contributed by atoms with Crippen molar-refractivity contribution in [2.45, 2.75) is 6.92 Å². The van der Waals surface area contributed by atoms with Gasteiger partial charge in [-0.25, -0.2) is 14.4 Å². The predicted molar refractivity (Wildman–Crippen MR) is 108 cm³/mol. The maximum absolute atomic E-state index is 12.5. The first-order valence-electron chi connectivity index (χ1n) is 9.06. The van der Waals surface area contributed by atoms with Gasteiger partial charge in [0.25, 0.3) is 0 Å². The standard InChI is InChI=1S/C22H21NO7/c1-13-4-6-14(7-5-13)15-8-9-18(16(10-15)20(24)25)23-12-30-11-17(21(26)28-2)19(23)22(27)29-3/h4-10H,11-12H2,1-3H3,(H,24,25). The summed E-state index contributed by atoms with van der Waals surface area (Å²) in [5, 5.41) is 9.82. The maximum atomic E-state index is 12.5. The van der Waals surface area contributed by atoms with Crippen LogP contribution in [0.15, 0.2) is 53.7 Å². The fourth-order valence-corrected chi connectivity index (χ4v) is 3.20. The molecule has 1 heterocycles. The zero-order valence-corrected chi connectivity index (χ0v) is 16.8. The molecule has 1 N–H and O–H groups in total. The zero-order chi connectivity index (χ0) is 21.8. The van der Waals surface area contributed by atoms with Crippen molar-refractivity contribution < 1.29 is 33.7 Å². The molecule has 30 heavy (non-hydrogen) atoms. The number of esters is 2. The molecule has 0 spiro atoms. The van der Waals surface area contributed by atoms with Gasteiger partial charge < -0.3 is 24.2 Å². The largest absolute Gasteiger partial charge is 0.478 e. The Hall–Kier alpha value is -3.65. The van der Waals surface area contributed by atoms with Crippen molar-refractivity contribution in [3.05, 3.63) is 64.9 Å². The molecule has 0 unspecified atom stereocenters. The fraction of sp³-hybridized carbons (Fsp3) is 0.227. The van der Waals surface area contributed by atoms with Crippen LogP contribution in [-0.4, -0.2) is 50.6 Å². The van der Waals surface area contributed by atoms with Gasteiger partial charge in [0.2, 0.25) is 0 Å². The first-order valence-corrected chi connectivity index (χ1v) is 9.06. The van der Waals surface area contributed by atoms with Crippen LogP contribution in [0.25, 0.3) is 11.1 Å². The van der Waals surface area contributed by atoms with Crippen LogP contribution in [0, 0.1) is 6.92 Å². The van der Waals surface area contributed by atoms with E-state index in [0.29, 0.717) is 5.56 Å². The second kappa shape index (κ2) is 8.79. The third-order valence-electron chi connectivity index (χ3n) is 4.74. The number of methoxy groups -OCH3 is 2. The Morgan fingerprint density at radius 3 is 2.20 bits per heavy atom. The van der Waals surface area contributed by atoms with Gasteiger partial charge in [0.15, 0.2) is 0 Å². The Labute approximate surface area is 173 Å². The van der Waals surface area contributed by atoms with Crippen molar-refractivity contribution in [2.75, 3.05) is 32.5 Å². The van der Waals surface area contributed by atoms with Gasteiger partial charge in [-0.1, -0.05) is 35.9 Å². The molecule has 2 aromatic carbocycles. The molecule has 0 amide bonds. The second-order valence-corrected chi connectivity index (χ2v) is 6.62. The quantitative estimate of drug-likeness (QED) is 0.750. The number of benzene rings is 2. The van der Waals surface area contributed by atoms with Crippen molar-refractivity contribution >= 4 is 23.6 Å². The Morgan fingerprint density at radius 1 is 0.967 bits per heavy atom. The third-order valence-corrected chi connectivity index (χ3v) is 4.74. The molecule has 0 aromatic heterocycles. The Balaban J connectivity index is 2.15. The number of aryl methyl sites for hydroxylation is 1. The number of rotatable bonds is 5. The minimum atomic E-state index is -1.19. The van der Waals surface area contributed by atoms with E-state index in [1.54, 1.807) is 12.1 Å². The molecular weight excluding hydrogens is 390 g/mol. The summed E-state index contributed by atoms with van der Waals surface area (Å²) in [6.45, 7) is 1.68. The van der Waals surface area contributed by atoms with Gasteiger partial charge in [-0.05, 0) is 30.2 Å². The molecule has 156 valence electrons. The fourth-order valence-electron chi connectivity index (χ4n) is 3.20. The van der Waals surface area contributed by atoms with Crippen molar-refractivity contribution in [1.29, 1.82) is 0 Å². The molecule has 0 saturated heterocycles.